The smallest absolute Gasteiger partial charge is 0.273 e. The van der Waals surface area contributed by atoms with Gasteiger partial charge in [-0.1, -0.05) is 42.5 Å². The third kappa shape index (κ3) is 3.99. The van der Waals surface area contributed by atoms with E-state index in [1.807, 2.05) is 30.3 Å². The molecule has 0 radical (unpaired) electrons. The number of amides is 1. The molecular formula is C17H17FN2O2. The van der Waals surface area contributed by atoms with E-state index in [-0.39, 0.29) is 11.7 Å². The van der Waals surface area contributed by atoms with Crippen molar-refractivity contribution in [1.82, 2.24) is 5.43 Å². The van der Waals surface area contributed by atoms with Crippen molar-refractivity contribution in [3.63, 3.8) is 0 Å². The van der Waals surface area contributed by atoms with E-state index in [1.54, 1.807) is 19.1 Å². The molecule has 0 saturated carbocycles. The van der Waals surface area contributed by atoms with Gasteiger partial charge in [-0.3, -0.25) is 4.79 Å². The number of ether oxygens (including phenoxy) is 1. The lowest BCUT2D eigenvalue weighted by molar-refractivity contribution is -0.131. The van der Waals surface area contributed by atoms with Crippen LogP contribution in [0.3, 0.4) is 0 Å². The van der Waals surface area contributed by atoms with Gasteiger partial charge in [0.25, 0.3) is 5.91 Å². The average Bonchev–Trinajstić information content (AvgIpc) is 2.55. The van der Waals surface area contributed by atoms with Gasteiger partial charge in [0.15, 0.2) is 6.10 Å². The Bertz CT molecular complexity index is 654. The number of hydrazone groups is 1. The molecule has 0 saturated heterocycles. The molecule has 1 atom stereocenters. The summed E-state index contributed by atoms with van der Waals surface area (Å²) in [6.45, 7) is 1.73. The van der Waals surface area contributed by atoms with Gasteiger partial charge >= 0.3 is 0 Å². The summed E-state index contributed by atoms with van der Waals surface area (Å²) < 4.78 is 18.1. The summed E-state index contributed by atoms with van der Waals surface area (Å²) in [5, 5.41) is 4.03. The Morgan fingerprint density at radius 3 is 2.36 bits per heavy atom. The maximum Gasteiger partial charge on any atom is 0.273 e. The summed E-state index contributed by atoms with van der Waals surface area (Å²) in [5.41, 5.74) is 4.53. The fourth-order valence-corrected chi connectivity index (χ4v) is 1.98. The molecule has 0 spiro atoms. The molecule has 0 fully saturated rings. The molecule has 22 heavy (non-hydrogen) atoms. The van der Waals surface area contributed by atoms with Crippen LogP contribution in [-0.2, 0) is 9.53 Å². The molecule has 1 amide bonds. The van der Waals surface area contributed by atoms with Crippen LogP contribution in [0, 0.1) is 5.82 Å². The number of hydrogen-bond donors (Lipinski definition) is 1. The lowest BCUT2D eigenvalue weighted by Crippen LogP contribution is -2.27. The minimum atomic E-state index is -0.731. The molecular weight excluding hydrogens is 283 g/mol. The topological polar surface area (TPSA) is 50.7 Å². The fourth-order valence-electron chi connectivity index (χ4n) is 1.98. The number of carbonyl (C=O) groups is 1. The normalized spacial score (nSPS) is 12.8. The molecule has 0 aromatic heterocycles. The second-order valence-electron chi connectivity index (χ2n) is 4.71. The van der Waals surface area contributed by atoms with E-state index < -0.39 is 6.10 Å². The fraction of sp³-hybridized carbons (Fsp3) is 0.176. The van der Waals surface area contributed by atoms with Gasteiger partial charge in [-0.25, -0.2) is 9.82 Å². The van der Waals surface area contributed by atoms with Crippen molar-refractivity contribution in [1.29, 1.82) is 0 Å². The lowest BCUT2D eigenvalue weighted by atomic mass is 10.1. The van der Waals surface area contributed by atoms with Crippen LogP contribution in [0.25, 0.3) is 0 Å². The molecule has 0 aliphatic carbocycles. The maximum absolute atomic E-state index is 12.9. The molecule has 5 heteroatoms. The summed E-state index contributed by atoms with van der Waals surface area (Å²) in [5.74, 6) is -0.681. The Morgan fingerprint density at radius 1 is 1.14 bits per heavy atom. The van der Waals surface area contributed by atoms with Gasteiger partial charge in [0.2, 0.25) is 0 Å². The largest absolute Gasteiger partial charge is 0.367 e. The van der Waals surface area contributed by atoms with Crippen LogP contribution in [0.15, 0.2) is 59.7 Å². The average molecular weight is 300 g/mol. The van der Waals surface area contributed by atoms with Crippen LogP contribution < -0.4 is 5.43 Å². The number of rotatable bonds is 5. The summed E-state index contributed by atoms with van der Waals surface area (Å²) in [4.78, 5) is 12.2. The van der Waals surface area contributed by atoms with E-state index in [0.29, 0.717) is 5.71 Å². The van der Waals surface area contributed by atoms with E-state index in [1.165, 1.54) is 19.2 Å². The van der Waals surface area contributed by atoms with Crippen LogP contribution in [0.5, 0.6) is 0 Å². The highest BCUT2D eigenvalue weighted by atomic mass is 19.1. The summed E-state index contributed by atoms with van der Waals surface area (Å²) in [6.07, 6.45) is -0.731. The van der Waals surface area contributed by atoms with Crippen LogP contribution >= 0.6 is 0 Å². The third-order valence-corrected chi connectivity index (χ3v) is 3.17. The first-order valence-electron chi connectivity index (χ1n) is 6.79. The van der Waals surface area contributed by atoms with Crippen LogP contribution in [0.2, 0.25) is 0 Å². The monoisotopic (exact) mass is 300 g/mol. The highest BCUT2D eigenvalue weighted by molar-refractivity contribution is 5.99. The van der Waals surface area contributed by atoms with Crippen molar-refractivity contribution in [3.05, 3.63) is 71.5 Å². The van der Waals surface area contributed by atoms with Crippen molar-refractivity contribution < 1.29 is 13.9 Å². The number of methoxy groups -OCH3 is 1. The zero-order chi connectivity index (χ0) is 15.9. The molecule has 0 heterocycles. The van der Waals surface area contributed by atoms with E-state index in [9.17, 15) is 9.18 Å². The van der Waals surface area contributed by atoms with Crippen molar-refractivity contribution in [2.45, 2.75) is 13.0 Å². The van der Waals surface area contributed by atoms with Gasteiger partial charge in [0, 0.05) is 7.11 Å². The highest BCUT2D eigenvalue weighted by Crippen LogP contribution is 2.16. The zero-order valence-corrected chi connectivity index (χ0v) is 12.4. The molecule has 0 bridgehead atoms. The first-order chi connectivity index (χ1) is 10.6. The minimum absolute atomic E-state index is 0.316. The lowest BCUT2D eigenvalue weighted by Gasteiger charge is -2.14. The van der Waals surface area contributed by atoms with Gasteiger partial charge < -0.3 is 4.74 Å². The number of benzene rings is 2. The molecule has 0 aliphatic heterocycles. The number of nitrogens with one attached hydrogen (secondary N) is 1. The van der Waals surface area contributed by atoms with E-state index in [0.717, 1.165) is 11.1 Å². The Hall–Kier alpha value is -2.53. The molecule has 114 valence electrons. The Morgan fingerprint density at radius 2 is 1.77 bits per heavy atom. The van der Waals surface area contributed by atoms with Crippen molar-refractivity contribution in [3.8, 4) is 0 Å². The minimum Gasteiger partial charge on any atom is -0.367 e. The van der Waals surface area contributed by atoms with Gasteiger partial charge in [-0.05, 0) is 30.2 Å². The standard InChI is InChI=1S/C17H17FN2O2/c1-12(13-8-10-15(18)11-9-13)19-20-17(21)16(22-2)14-6-4-3-5-7-14/h3-11,16H,1-2H3,(H,20,21)/b19-12-/t16-/m1/s1. The number of hydrogen-bond acceptors (Lipinski definition) is 3. The van der Waals surface area contributed by atoms with Crippen molar-refractivity contribution >= 4 is 11.6 Å². The third-order valence-electron chi connectivity index (χ3n) is 3.17. The molecule has 2 aromatic rings. The number of carbonyl (C=O) groups excluding carboxylic acids is 1. The predicted octanol–water partition coefficient (Wildman–Crippen LogP) is 3.05. The van der Waals surface area contributed by atoms with Crippen molar-refractivity contribution in [2.24, 2.45) is 5.10 Å². The van der Waals surface area contributed by atoms with Gasteiger partial charge in [0.05, 0.1) is 5.71 Å². The Balaban J connectivity index is 2.07. The summed E-state index contributed by atoms with van der Waals surface area (Å²) in [7, 11) is 1.47. The zero-order valence-electron chi connectivity index (χ0n) is 12.4. The van der Waals surface area contributed by atoms with Crippen LogP contribution in [0.1, 0.15) is 24.2 Å². The molecule has 0 aliphatic rings. The Kier molecular flexibility index (Phi) is 5.38. The second-order valence-corrected chi connectivity index (χ2v) is 4.71. The molecule has 4 nitrogen and oxygen atoms in total. The summed E-state index contributed by atoms with van der Waals surface area (Å²) >= 11 is 0. The first-order valence-corrected chi connectivity index (χ1v) is 6.79. The van der Waals surface area contributed by atoms with Crippen molar-refractivity contribution in [2.75, 3.05) is 7.11 Å². The molecule has 2 aromatic carbocycles. The number of nitrogens with zero attached hydrogens (tertiary/aromatic N) is 1. The van der Waals surface area contributed by atoms with Crippen LogP contribution in [-0.4, -0.2) is 18.7 Å². The molecule has 2 rings (SSSR count). The highest BCUT2D eigenvalue weighted by Gasteiger charge is 2.19. The SMILES string of the molecule is CO[C@@H](C(=O)N/N=C(/C)c1ccc(F)cc1)c1ccccc1. The van der Waals surface area contributed by atoms with Gasteiger partial charge in [0.1, 0.15) is 5.82 Å². The van der Waals surface area contributed by atoms with E-state index in [4.69, 9.17) is 4.74 Å². The number of halogens is 1. The maximum atomic E-state index is 12.9. The predicted molar refractivity (Wildman–Crippen MR) is 82.9 cm³/mol. The van der Waals surface area contributed by atoms with E-state index >= 15 is 0 Å². The van der Waals surface area contributed by atoms with Gasteiger partial charge in [-0.15, -0.1) is 0 Å². The molecule has 1 N–H and O–H groups in total. The first kappa shape index (κ1) is 15.9. The van der Waals surface area contributed by atoms with Gasteiger partial charge in [-0.2, -0.15) is 5.10 Å². The second kappa shape index (κ2) is 7.47. The quantitative estimate of drug-likeness (QED) is 0.681. The van der Waals surface area contributed by atoms with Crippen LogP contribution in [0.4, 0.5) is 4.39 Å². The molecule has 0 unspecified atom stereocenters. The van der Waals surface area contributed by atoms with E-state index in [2.05, 4.69) is 10.5 Å². The summed E-state index contributed by atoms with van der Waals surface area (Å²) in [6, 6.07) is 15.1. The Labute approximate surface area is 128 Å².